The maximum atomic E-state index is 5.18. The standard InChI is InChI=1S/C7H7O2/c1-2-4-7-6(3-1)8-5-9-7/h1,3-4,6-7H,5H2. The fourth-order valence-electron chi connectivity index (χ4n) is 0.995. The quantitative estimate of drug-likeness (QED) is 0.471. The zero-order valence-electron chi connectivity index (χ0n) is 4.91. The average molecular weight is 123 g/mol. The van der Waals surface area contributed by atoms with E-state index in [1.54, 1.807) is 0 Å². The van der Waals surface area contributed by atoms with Crippen molar-refractivity contribution in [2.24, 2.45) is 0 Å². The Bertz CT molecular complexity index is 142. The molecule has 9 heavy (non-hydrogen) atoms. The second kappa shape index (κ2) is 1.97. The predicted molar refractivity (Wildman–Crippen MR) is 31.6 cm³/mol. The highest BCUT2D eigenvalue weighted by Gasteiger charge is 2.25. The van der Waals surface area contributed by atoms with Crippen LogP contribution in [0, 0.1) is 6.08 Å². The van der Waals surface area contributed by atoms with Crippen molar-refractivity contribution < 1.29 is 9.47 Å². The number of fused-ring (bicyclic) bond motifs is 1. The molecule has 0 aromatic rings. The number of hydrogen-bond donors (Lipinski definition) is 0. The van der Waals surface area contributed by atoms with E-state index < -0.39 is 0 Å². The first-order chi connectivity index (χ1) is 4.47. The molecule has 0 spiro atoms. The molecule has 0 N–H and O–H groups in total. The fourth-order valence-corrected chi connectivity index (χ4v) is 0.995. The molecule has 2 nitrogen and oxygen atoms in total. The van der Waals surface area contributed by atoms with Crippen LogP contribution < -0.4 is 0 Å². The monoisotopic (exact) mass is 123 g/mol. The lowest BCUT2D eigenvalue weighted by Gasteiger charge is -2.10. The lowest BCUT2D eigenvalue weighted by atomic mass is 10.1. The molecule has 2 unspecified atom stereocenters. The summed E-state index contributed by atoms with van der Waals surface area (Å²) >= 11 is 0. The third-order valence-electron chi connectivity index (χ3n) is 1.49. The van der Waals surface area contributed by atoms with Crippen LogP contribution in [0.2, 0.25) is 0 Å². The summed E-state index contributed by atoms with van der Waals surface area (Å²) in [6.07, 6.45) is 8.91. The van der Waals surface area contributed by atoms with Gasteiger partial charge in [-0.1, -0.05) is 12.2 Å². The van der Waals surface area contributed by atoms with Crippen LogP contribution in [0.4, 0.5) is 0 Å². The van der Waals surface area contributed by atoms with Crippen LogP contribution in [0.3, 0.4) is 0 Å². The van der Waals surface area contributed by atoms with Crippen molar-refractivity contribution in [3.8, 4) is 0 Å². The first-order valence-electron chi connectivity index (χ1n) is 2.96. The van der Waals surface area contributed by atoms with Crippen molar-refractivity contribution in [2.75, 3.05) is 6.79 Å². The summed E-state index contributed by atoms with van der Waals surface area (Å²) in [5.41, 5.74) is 0. The minimum absolute atomic E-state index is 0.120. The number of ether oxygens (including phenoxy) is 2. The van der Waals surface area contributed by atoms with Crippen LogP contribution in [-0.4, -0.2) is 19.0 Å². The predicted octanol–water partition coefficient (Wildman–Crippen LogP) is 0.657. The van der Waals surface area contributed by atoms with E-state index >= 15 is 0 Å². The van der Waals surface area contributed by atoms with Gasteiger partial charge in [0.2, 0.25) is 0 Å². The molecule has 0 saturated carbocycles. The lowest BCUT2D eigenvalue weighted by Crippen LogP contribution is -2.19. The van der Waals surface area contributed by atoms with E-state index in [0.717, 1.165) is 0 Å². The van der Waals surface area contributed by atoms with Gasteiger partial charge in [0.25, 0.3) is 0 Å². The van der Waals surface area contributed by atoms with Crippen LogP contribution in [-0.2, 0) is 9.47 Å². The lowest BCUT2D eigenvalue weighted by molar-refractivity contribution is 0.0503. The van der Waals surface area contributed by atoms with Crippen molar-refractivity contribution in [1.29, 1.82) is 0 Å². The SMILES string of the molecule is [C]1=CC2OCOC2C=C1. The summed E-state index contributed by atoms with van der Waals surface area (Å²) in [7, 11) is 0. The van der Waals surface area contributed by atoms with E-state index in [2.05, 4.69) is 6.08 Å². The normalized spacial score (nSPS) is 39.1. The molecular formula is C7H7O2. The van der Waals surface area contributed by atoms with E-state index in [1.165, 1.54) is 0 Å². The molecular weight excluding hydrogens is 116 g/mol. The molecule has 0 aromatic carbocycles. The third kappa shape index (κ3) is 0.802. The molecule has 2 aliphatic rings. The Kier molecular flexibility index (Phi) is 1.14. The Morgan fingerprint density at radius 2 is 2.22 bits per heavy atom. The molecule has 1 aliphatic carbocycles. The minimum Gasteiger partial charge on any atom is -0.345 e. The molecule has 1 aliphatic heterocycles. The summed E-state index contributed by atoms with van der Waals surface area (Å²) in [6.45, 7) is 0.415. The Morgan fingerprint density at radius 3 is 3.11 bits per heavy atom. The van der Waals surface area contributed by atoms with Crippen LogP contribution in [0.1, 0.15) is 0 Å². The van der Waals surface area contributed by atoms with Crippen molar-refractivity contribution >= 4 is 0 Å². The van der Waals surface area contributed by atoms with Gasteiger partial charge in [-0.25, -0.2) is 0 Å². The van der Waals surface area contributed by atoms with Crippen LogP contribution in [0.5, 0.6) is 0 Å². The summed E-state index contributed by atoms with van der Waals surface area (Å²) in [5.74, 6) is 0. The molecule has 1 radical (unpaired) electrons. The van der Waals surface area contributed by atoms with Crippen molar-refractivity contribution in [2.45, 2.75) is 12.2 Å². The molecule has 0 bridgehead atoms. The summed E-state index contributed by atoms with van der Waals surface area (Å²) in [4.78, 5) is 0. The van der Waals surface area contributed by atoms with Gasteiger partial charge in [0.05, 0.1) is 0 Å². The minimum atomic E-state index is 0.120. The zero-order valence-corrected chi connectivity index (χ0v) is 4.91. The van der Waals surface area contributed by atoms with Gasteiger partial charge in [0.1, 0.15) is 19.0 Å². The average Bonchev–Trinajstić information content (AvgIpc) is 2.33. The highest BCUT2D eigenvalue weighted by atomic mass is 16.7. The highest BCUT2D eigenvalue weighted by Crippen LogP contribution is 2.17. The molecule has 2 rings (SSSR count). The molecule has 1 heterocycles. The van der Waals surface area contributed by atoms with E-state index in [0.29, 0.717) is 6.79 Å². The van der Waals surface area contributed by atoms with Crippen molar-refractivity contribution in [1.82, 2.24) is 0 Å². The smallest absolute Gasteiger partial charge is 0.148 e. The van der Waals surface area contributed by atoms with Gasteiger partial charge in [0, 0.05) is 0 Å². The maximum absolute atomic E-state index is 5.18. The summed E-state index contributed by atoms with van der Waals surface area (Å²) in [5, 5.41) is 0. The Balaban J connectivity index is 2.18. The zero-order chi connectivity index (χ0) is 6.10. The first kappa shape index (κ1) is 5.21. The second-order valence-corrected chi connectivity index (χ2v) is 2.07. The largest absolute Gasteiger partial charge is 0.345 e. The van der Waals surface area contributed by atoms with Crippen LogP contribution in [0.25, 0.3) is 0 Å². The first-order valence-corrected chi connectivity index (χ1v) is 2.96. The molecule has 1 fully saturated rings. The molecule has 0 amide bonds. The van der Waals surface area contributed by atoms with Crippen LogP contribution >= 0.6 is 0 Å². The van der Waals surface area contributed by atoms with Gasteiger partial charge in [-0.3, -0.25) is 0 Å². The van der Waals surface area contributed by atoms with E-state index in [-0.39, 0.29) is 12.2 Å². The van der Waals surface area contributed by atoms with E-state index in [4.69, 9.17) is 9.47 Å². The Labute approximate surface area is 53.8 Å². The number of rotatable bonds is 0. The molecule has 1 saturated heterocycles. The van der Waals surface area contributed by atoms with Gasteiger partial charge >= 0.3 is 0 Å². The molecule has 2 heteroatoms. The van der Waals surface area contributed by atoms with Gasteiger partial charge < -0.3 is 9.47 Å². The van der Waals surface area contributed by atoms with E-state index in [1.807, 2.05) is 18.2 Å². The van der Waals surface area contributed by atoms with Gasteiger partial charge in [-0.2, -0.15) is 0 Å². The van der Waals surface area contributed by atoms with Gasteiger partial charge in [-0.05, 0) is 12.2 Å². The third-order valence-corrected chi connectivity index (χ3v) is 1.49. The molecule has 0 aromatic heterocycles. The van der Waals surface area contributed by atoms with Crippen molar-refractivity contribution in [3.63, 3.8) is 0 Å². The second-order valence-electron chi connectivity index (χ2n) is 2.07. The Morgan fingerprint density at radius 1 is 1.33 bits per heavy atom. The van der Waals surface area contributed by atoms with Gasteiger partial charge in [-0.15, -0.1) is 0 Å². The molecule has 47 valence electrons. The molecule has 2 atom stereocenters. The highest BCUT2D eigenvalue weighted by molar-refractivity contribution is 5.13. The van der Waals surface area contributed by atoms with Gasteiger partial charge in [0.15, 0.2) is 0 Å². The topological polar surface area (TPSA) is 18.5 Å². The fraction of sp³-hybridized carbons (Fsp3) is 0.429. The number of allylic oxidation sites excluding steroid dienone is 2. The summed E-state index contributed by atoms with van der Waals surface area (Å²) < 4.78 is 10.3. The summed E-state index contributed by atoms with van der Waals surface area (Å²) in [6, 6.07) is 0. The van der Waals surface area contributed by atoms with E-state index in [9.17, 15) is 0 Å². The van der Waals surface area contributed by atoms with Crippen LogP contribution in [0.15, 0.2) is 18.2 Å². The maximum Gasteiger partial charge on any atom is 0.148 e. The Hall–Kier alpha value is -0.600. The van der Waals surface area contributed by atoms with Crippen molar-refractivity contribution in [3.05, 3.63) is 24.3 Å². The number of hydrogen-bond acceptors (Lipinski definition) is 2.